The second kappa shape index (κ2) is 3.58. The Morgan fingerprint density at radius 3 is 2.91 bits per heavy atom. The van der Waals surface area contributed by atoms with Crippen LogP contribution in [0.4, 0.5) is 0 Å². The monoisotopic (exact) mass is 211 g/mol. The van der Waals surface area contributed by atoms with Crippen LogP contribution in [-0.4, -0.2) is 4.98 Å². The van der Waals surface area contributed by atoms with Crippen LogP contribution in [0.3, 0.4) is 0 Å². The molecule has 1 nitrogen and oxygen atoms in total. The number of aromatic nitrogens is 1. The van der Waals surface area contributed by atoms with Gasteiger partial charge in [-0.3, -0.25) is 0 Å². The summed E-state index contributed by atoms with van der Waals surface area (Å²) in [6, 6.07) is 2.03. The average molecular weight is 212 g/mol. The van der Waals surface area contributed by atoms with Gasteiger partial charge < -0.3 is 4.98 Å². The Balaban J connectivity index is 3.01. The van der Waals surface area contributed by atoms with Gasteiger partial charge in [-0.15, -0.1) is 0 Å². The lowest BCUT2D eigenvalue weighted by Gasteiger charge is -1.94. The molecule has 0 aliphatic rings. The van der Waals surface area contributed by atoms with E-state index in [-0.39, 0.29) is 0 Å². The standard InChI is InChI=1S/C9H10BrN/c1-3-4-9(10)8-5-6-11-7(8)2/h3-6,11H,1H2,2H3/b9-4+. The fraction of sp³-hybridized carbons (Fsp3) is 0.111. The molecule has 1 N–H and O–H groups in total. The van der Waals surface area contributed by atoms with Crippen molar-refractivity contribution in [3.63, 3.8) is 0 Å². The minimum atomic E-state index is 1.06. The Morgan fingerprint density at radius 1 is 1.73 bits per heavy atom. The summed E-state index contributed by atoms with van der Waals surface area (Å²) in [6.07, 6.45) is 5.61. The van der Waals surface area contributed by atoms with Crippen LogP contribution in [0.2, 0.25) is 0 Å². The van der Waals surface area contributed by atoms with Gasteiger partial charge in [0.25, 0.3) is 0 Å². The zero-order valence-corrected chi connectivity index (χ0v) is 7.98. The highest BCUT2D eigenvalue weighted by atomic mass is 79.9. The first-order valence-corrected chi connectivity index (χ1v) is 4.17. The summed E-state index contributed by atoms with van der Waals surface area (Å²) in [5.41, 5.74) is 2.35. The molecule has 1 aromatic rings. The number of rotatable bonds is 2. The SMILES string of the molecule is C=C/C=C(/Br)c1cc[nH]c1C. The molecule has 0 saturated heterocycles. The summed E-state index contributed by atoms with van der Waals surface area (Å²) in [5, 5.41) is 0. The van der Waals surface area contributed by atoms with Crippen LogP contribution >= 0.6 is 15.9 Å². The Kier molecular flexibility index (Phi) is 2.71. The molecule has 2 heteroatoms. The first-order chi connectivity index (χ1) is 5.25. The van der Waals surface area contributed by atoms with Gasteiger partial charge in [-0.05, 0) is 19.1 Å². The lowest BCUT2D eigenvalue weighted by atomic mass is 10.2. The Bertz CT molecular complexity index is 284. The summed E-state index contributed by atoms with van der Waals surface area (Å²) in [4.78, 5) is 3.10. The van der Waals surface area contributed by atoms with E-state index in [1.165, 1.54) is 5.56 Å². The Morgan fingerprint density at radius 2 is 2.45 bits per heavy atom. The quantitative estimate of drug-likeness (QED) is 0.724. The molecule has 0 aliphatic carbocycles. The molecule has 0 unspecified atom stereocenters. The van der Waals surface area contributed by atoms with Crippen LogP contribution in [0.5, 0.6) is 0 Å². The third-order valence-corrected chi connectivity index (χ3v) is 2.17. The molecule has 0 aromatic carbocycles. The molecule has 0 spiro atoms. The van der Waals surface area contributed by atoms with Gasteiger partial charge in [0.1, 0.15) is 0 Å². The third-order valence-electron chi connectivity index (χ3n) is 1.48. The number of hydrogen-bond acceptors (Lipinski definition) is 0. The van der Waals surface area contributed by atoms with Gasteiger partial charge in [-0.2, -0.15) is 0 Å². The van der Waals surface area contributed by atoms with Gasteiger partial charge in [0.15, 0.2) is 0 Å². The summed E-state index contributed by atoms with van der Waals surface area (Å²) in [6.45, 7) is 5.66. The Hall–Kier alpha value is -0.760. The van der Waals surface area contributed by atoms with Crippen LogP contribution in [-0.2, 0) is 0 Å². The largest absolute Gasteiger partial charge is 0.365 e. The van der Waals surface area contributed by atoms with E-state index in [9.17, 15) is 0 Å². The maximum Gasteiger partial charge on any atom is 0.0265 e. The molecule has 58 valence electrons. The molecule has 0 aliphatic heterocycles. The molecule has 0 saturated carbocycles. The van der Waals surface area contributed by atoms with Gasteiger partial charge in [-0.25, -0.2) is 0 Å². The predicted octanol–water partition coefficient (Wildman–Crippen LogP) is 3.24. The van der Waals surface area contributed by atoms with Crippen molar-refractivity contribution in [2.24, 2.45) is 0 Å². The molecule has 11 heavy (non-hydrogen) atoms. The van der Waals surface area contributed by atoms with Gasteiger partial charge in [-0.1, -0.05) is 28.6 Å². The van der Waals surface area contributed by atoms with E-state index in [2.05, 4.69) is 27.5 Å². The van der Waals surface area contributed by atoms with Crippen molar-refractivity contribution in [1.29, 1.82) is 0 Å². The van der Waals surface area contributed by atoms with Crippen molar-refractivity contribution in [3.8, 4) is 0 Å². The van der Waals surface area contributed by atoms with Gasteiger partial charge in [0.2, 0.25) is 0 Å². The molecular formula is C9H10BrN. The fourth-order valence-corrected chi connectivity index (χ4v) is 1.52. The van der Waals surface area contributed by atoms with E-state index < -0.39 is 0 Å². The summed E-state index contributed by atoms with van der Waals surface area (Å²) in [5.74, 6) is 0. The van der Waals surface area contributed by atoms with Crippen LogP contribution in [0.25, 0.3) is 4.48 Å². The van der Waals surface area contributed by atoms with E-state index in [1.54, 1.807) is 6.08 Å². The molecule has 1 rings (SSSR count). The number of aromatic amines is 1. The number of halogens is 1. The normalized spacial score (nSPS) is 11.6. The van der Waals surface area contributed by atoms with Crippen molar-refractivity contribution in [1.82, 2.24) is 4.98 Å². The van der Waals surface area contributed by atoms with E-state index in [1.807, 2.05) is 25.3 Å². The summed E-state index contributed by atoms with van der Waals surface area (Å²) >= 11 is 3.45. The van der Waals surface area contributed by atoms with Crippen LogP contribution in [0.15, 0.2) is 31.0 Å². The topological polar surface area (TPSA) is 15.8 Å². The number of hydrogen-bond donors (Lipinski definition) is 1. The average Bonchev–Trinajstić information content (AvgIpc) is 2.36. The molecule has 0 fully saturated rings. The van der Waals surface area contributed by atoms with Crippen molar-refractivity contribution in [2.45, 2.75) is 6.92 Å². The van der Waals surface area contributed by atoms with Gasteiger partial charge in [0.05, 0.1) is 0 Å². The molecule has 0 radical (unpaired) electrons. The van der Waals surface area contributed by atoms with Crippen LogP contribution in [0, 0.1) is 6.92 Å². The zero-order valence-electron chi connectivity index (χ0n) is 6.39. The highest BCUT2D eigenvalue weighted by molar-refractivity contribution is 9.15. The first kappa shape index (κ1) is 8.34. The molecule has 0 atom stereocenters. The van der Waals surface area contributed by atoms with Crippen molar-refractivity contribution >= 4 is 20.4 Å². The third kappa shape index (κ3) is 1.84. The van der Waals surface area contributed by atoms with Crippen LogP contribution in [0.1, 0.15) is 11.3 Å². The lowest BCUT2D eigenvalue weighted by molar-refractivity contribution is 1.26. The van der Waals surface area contributed by atoms with Crippen LogP contribution < -0.4 is 0 Å². The van der Waals surface area contributed by atoms with Gasteiger partial charge >= 0.3 is 0 Å². The van der Waals surface area contributed by atoms with E-state index in [4.69, 9.17) is 0 Å². The number of H-pyrrole nitrogens is 1. The second-order valence-electron chi connectivity index (χ2n) is 2.27. The number of aryl methyl sites for hydroxylation is 1. The summed E-state index contributed by atoms with van der Waals surface area (Å²) < 4.78 is 1.06. The molecular weight excluding hydrogens is 202 g/mol. The zero-order chi connectivity index (χ0) is 8.27. The first-order valence-electron chi connectivity index (χ1n) is 3.38. The second-order valence-corrected chi connectivity index (χ2v) is 3.12. The highest BCUT2D eigenvalue weighted by Gasteiger charge is 1.99. The molecule has 1 heterocycles. The van der Waals surface area contributed by atoms with Crippen molar-refractivity contribution in [2.75, 3.05) is 0 Å². The molecule has 0 bridgehead atoms. The van der Waals surface area contributed by atoms with E-state index in [0.717, 1.165) is 10.2 Å². The number of nitrogens with one attached hydrogen (secondary N) is 1. The smallest absolute Gasteiger partial charge is 0.0265 e. The van der Waals surface area contributed by atoms with E-state index >= 15 is 0 Å². The molecule has 0 amide bonds. The number of allylic oxidation sites excluding steroid dienone is 2. The molecule has 1 aromatic heterocycles. The van der Waals surface area contributed by atoms with Gasteiger partial charge in [0, 0.05) is 21.9 Å². The Labute approximate surface area is 75.0 Å². The summed E-state index contributed by atoms with van der Waals surface area (Å²) in [7, 11) is 0. The lowest BCUT2D eigenvalue weighted by Crippen LogP contribution is -1.76. The minimum absolute atomic E-state index is 1.06. The highest BCUT2D eigenvalue weighted by Crippen LogP contribution is 2.23. The minimum Gasteiger partial charge on any atom is -0.365 e. The van der Waals surface area contributed by atoms with Crippen molar-refractivity contribution < 1.29 is 0 Å². The fourth-order valence-electron chi connectivity index (χ4n) is 0.905. The maximum atomic E-state index is 3.62. The predicted molar refractivity (Wildman–Crippen MR) is 52.6 cm³/mol. The maximum absolute atomic E-state index is 3.62. The van der Waals surface area contributed by atoms with E-state index in [0.29, 0.717) is 0 Å². The van der Waals surface area contributed by atoms with Crippen molar-refractivity contribution in [3.05, 3.63) is 42.3 Å².